The first-order valence-corrected chi connectivity index (χ1v) is 5.94. The van der Waals surface area contributed by atoms with Crippen LogP contribution in [0.5, 0.6) is 0 Å². The molecular formula is C9H10N4O2S. The van der Waals surface area contributed by atoms with Gasteiger partial charge in [-0.05, 0) is 18.2 Å². The van der Waals surface area contributed by atoms with Crippen LogP contribution in [-0.4, -0.2) is 18.0 Å². The summed E-state index contributed by atoms with van der Waals surface area (Å²) in [5, 5.41) is 5.04. The summed E-state index contributed by atoms with van der Waals surface area (Å²) < 4.78 is 24.0. The third-order valence-corrected chi connectivity index (χ3v) is 3.02. The second-order valence-corrected chi connectivity index (χ2v) is 4.80. The van der Waals surface area contributed by atoms with E-state index >= 15 is 0 Å². The Balaban J connectivity index is 2.63. The number of primary sulfonamides is 1. The van der Waals surface area contributed by atoms with Gasteiger partial charge < -0.3 is 10.3 Å². The summed E-state index contributed by atoms with van der Waals surface area (Å²) in [6.07, 6.45) is 4.76. The van der Waals surface area contributed by atoms with Crippen molar-refractivity contribution in [2.24, 2.45) is 5.14 Å². The van der Waals surface area contributed by atoms with Crippen LogP contribution in [0.25, 0.3) is 5.69 Å². The third-order valence-electron chi connectivity index (χ3n) is 2.11. The molecule has 16 heavy (non-hydrogen) atoms. The minimum absolute atomic E-state index is 0.0189. The SMILES string of the molecule is Nc1ccc(S(N)(=O)=O)cc1-n1ccnc1. The molecule has 0 bridgehead atoms. The Bertz CT molecular complexity index is 604. The van der Waals surface area contributed by atoms with Crippen molar-refractivity contribution in [2.45, 2.75) is 4.90 Å². The maximum atomic E-state index is 11.2. The smallest absolute Gasteiger partial charge is 0.238 e. The Morgan fingerprint density at radius 3 is 2.62 bits per heavy atom. The molecule has 4 N–H and O–H groups in total. The second-order valence-electron chi connectivity index (χ2n) is 3.24. The first kappa shape index (κ1) is 10.7. The summed E-state index contributed by atoms with van der Waals surface area (Å²) in [6, 6.07) is 4.27. The van der Waals surface area contributed by atoms with E-state index in [9.17, 15) is 8.42 Å². The molecule has 0 saturated heterocycles. The van der Waals surface area contributed by atoms with Crippen LogP contribution in [0.4, 0.5) is 5.69 Å². The molecule has 2 aromatic rings. The summed E-state index contributed by atoms with van der Waals surface area (Å²) in [4.78, 5) is 3.88. The van der Waals surface area contributed by atoms with E-state index < -0.39 is 10.0 Å². The molecule has 0 aliphatic carbocycles. The van der Waals surface area contributed by atoms with Gasteiger partial charge in [-0.3, -0.25) is 0 Å². The van der Waals surface area contributed by atoms with Gasteiger partial charge in [0.15, 0.2) is 0 Å². The minimum atomic E-state index is -3.72. The van der Waals surface area contributed by atoms with Crippen molar-refractivity contribution in [2.75, 3.05) is 5.73 Å². The summed E-state index contributed by atoms with van der Waals surface area (Å²) in [7, 11) is -3.72. The molecule has 84 valence electrons. The molecule has 0 spiro atoms. The highest BCUT2D eigenvalue weighted by molar-refractivity contribution is 7.89. The molecule has 0 fully saturated rings. The molecule has 6 nitrogen and oxygen atoms in total. The monoisotopic (exact) mass is 238 g/mol. The molecule has 1 aromatic carbocycles. The molecule has 7 heteroatoms. The number of benzene rings is 1. The third kappa shape index (κ3) is 1.90. The average molecular weight is 238 g/mol. The maximum Gasteiger partial charge on any atom is 0.238 e. The van der Waals surface area contributed by atoms with Crippen molar-refractivity contribution in [3.8, 4) is 5.69 Å². The lowest BCUT2D eigenvalue weighted by molar-refractivity contribution is 0.597. The number of nitrogen functional groups attached to an aromatic ring is 1. The van der Waals surface area contributed by atoms with Crippen molar-refractivity contribution in [3.63, 3.8) is 0 Å². The van der Waals surface area contributed by atoms with Crippen molar-refractivity contribution < 1.29 is 8.42 Å². The summed E-state index contributed by atoms with van der Waals surface area (Å²) in [5.74, 6) is 0. The van der Waals surface area contributed by atoms with Crippen LogP contribution in [-0.2, 0) is 10.0 Å². The van der Waals surface area contributed by atoms with Crippen LogP contribution < -0.4 is 10.9 Å². The van der Waals surface area contributed by atoms with Gasteiger partial charge in [0, 0.05) is 12.4 Å². The van der Waals surface area contributed by atoms with Gasteiger partial charge in [-0.2, -0.15) is 0 Å². The van der Waals surface area contributed by atoms with Gasteiger partial charge in [0.25, 0.3) is 0 Å². The molecule has 2 rings (SSSR count). The fourth-order valence-corrected chi connectivity index (χ4v) is 1.86. The normalized spacial score (nSPS) is 11.6. The number of aromatic nitrogens is 2. The zero-order chi connectivity index (χ0) is 11.8. The fourth-order valence-electron chi connectivity index (χ4n) is 1.33. The summed E-state index contributed by atoms with van der Waals surface area (Å²) in [5.41, 5.74) is 6.72. The minimum Gasteiger partial charge on any atom is -0.397 e. The molecule has 0 aliphatic rings. The lowest BCUT2D eigenvalue weighted by atomic mass is 10.2. The Hall–Kier alpha value is -1.86. The van der Waals surface area contributed by atoms with Crippen LogP contribution in [0.15, 0.2) is 41.8 Å². The number of nitrogens with zero attached hydrogens (tertiary/aromatic N) is 2. The van der Waals surface area contributed by atoms with Crippen LogP contribution >= 0.6 is 0 Å². The first-order chi connectivity index (χ1) is 7.48. The van der Waals surface area contributed by atoms with Crippen LogP contribution in [0.2, 0.25) is 0 Å². The van der Waals surface area contributed by atoms with Crippen LogP contribution in [0.1, 0.15) is 0 Å². The quantitative estimate of drug-likeness (QED) is 0.724. The average Bonchev–Trinajstić information content (AvgIpc) is 2.69. The highest BCUT2D eigenvalue weighted by Gasteiger charge is 2.10. The highest BCUT2D eigenvalue weighted by atomic mass is 32.2. The van der Waals surface area contributed by atoms with E-state index in [1.165, 1.54) is 24.5 Å². The van der Waals surface area contributed by atoms with Gasteiger partial charge in [0.2, 0.25) is 10.0 Å². The predicted octanol–water partition coefficient (Wildman–Crippen LogP) is 0.102. The Kier molecular flexibility index (Phi) is 2.41. The number of rotatable bonds is 2. The number of nitrogens with two attached hydrogens (primary N) is 2. The van der Waals surface area contributed by atoms with Crippen molar-refractivity contribution in [1.82, 2.24) is 9.55 Å². The van der Waals surface area contributed by atoms with E-state index in [0.29, 0.717) is 11.4 Å². The van der Waals surface area contributed by atoms with Crippen molar-refractivity contribution in [1.29, 1.82) is 0 Å². The topological polar surface area (TPSA) is 104 Å². The molecule has 1 heterocycles. The number of hydrogen-bond acceptors (Lipinski definition) is 4. The van der Waals surface area contributed by atoms with E-state index in [-0.39, 0.29) is 4.90 Å². The lowest BCUT2D eigenvalue weighted by Crippen LogP contribution is -2.13. The Morgan fingerprint density at radius 2 is 2.06 bits per heavy atom. The number of sulfonamides is 1. The number of anilines is 1. The van der Waals surface area contributed by atoms with Gasteiger partial charge in [-0.1, -0.05) is 0 Å². The van der Waals surface area contributed by atoms with Gasteiger partial charge >= 0.3 is 0 Å². The largest absolute Gasteiger partial charge is 0.397 e. The fraction of sp³-hybridized carbons (Fsp3) is 0. The summed E-state index contributed by atoms with van der Waals surface area (Å²) >= 11 is 0. The Morgan fingerprint density at radius 1 is 1.31 bits per heavy atom. The molecular weight excluding hydrogens is 228 g/mol. The molecule has 0 saturated carbocycles. The predicted molar refractivity (Wildman–Crippen MR) is 59.3 cm³/mol. The van der Waals surface area contributed by atoms with Crippen molar-refractivity contribution >= 4 is 15.7 Å². The molecule has 0 atom stereocenters. The molecule has 1 aromatic heterocycles. The zero-order valence-corrected chi connectivity index (χ0v) is 9.05. The van der Waals surface area contributed by atoms with E-state index in [4.69, 9.17) is 10.9 Å². The van der Waals surface area contributed by atoms with Gasteiger partial charge in [0.05, 0.1) is 22.6 Å². The highest BCUT2D eigenvalue weighted by Crippen LogP contribution is 2.20. The Labute approximate surface area is 92.6 Å². The van der Waals surface area contributed by atoms with Crippen LogP contribution in [0, 0.1) is 0 Å². The van der Waals surface area contributed by atoms with Gasteiger partial charge in [-0.15, -0.1) is 0 Å². The van der Waals surface area contributed by atoms with E-state index in [2.05, 4.69) is 4.98 Å². The first-order valence-electron chi connectivity index (χ1n) is 4.39. The standard InChI is InChI=1S/C9H10N4O2S/c10-8-2-1-7(16(11,14)15)5-9(8)13-4-3-12-6-13/h1-6H,10H2,(H2,11,14,15). The molecule has 0 aliphatic heterocycles. The van der Waals surface area contributed by atoms with Crippen molar-refractivity contribution in [3.05, 3.63) is 36.9 Å². The van der Waals surface area contributed by atoms with Crippen LogP contribution in [0.3, 0.4) is 0 Å². The molecule has 0 radical (unpaired) electrons. The maximum absolute atomic E-state index is 11.2. The second kappa shape index (κ2) is 3.62. The molecule has 0 amide bonds. The number of hydrogen-bond donors (Lipinski definition) is 2. The number of imidazole rings is 1. The van der Waals surface area contributed by atoms with E-state index in [1.54, 1.807) is 17.0 Å². The van der Waals surface area contributed by atoms with Gasteiger partial charge in [-0.25, -0.2) is 18.5 Å². The zero-order valence-electron chi connectivity index (χ0n) is 8.24. The van der Waals surface area contributed by atoms with Gasteiger partial charge in [0.1, 0.15) is 0 Å². The summed E-state index contributed by atoms with van der Waals surface area (Å²) in [6.45, 7) is 0. The van der Waals surface area contributed by atoms with E-state index in [0.717, 1.165) is 0 Å². The molecule has 0 unspecified atom stereocenters. The van der Waals surface area contributed by atoms with E-state index in [1.807, 2.05) is 0 Å². The lowest BCUT2D eigenvalue weighted by Gasteiger charge is -2.07.